The minimum atomic E-state index is -0.125. The van der Waals surface area contributed by atoms with Crippen LogP contribution in [0.25, 0.3) is 5.65 Å². The molecule has 0 bridgehead atoms. The number of imidazole rings is 1. The summed E-state index contributed by atoms with van der Waals surface area (Å²) in [6, 6.07) is 3.66. The molecule has 1 atom stereocenters. The van der Waals surface area contributed by atoms with Gasteiger partial charge in [-0.05, 0) is 18.1 Å². The molecule has 0 aromatic carbocycles. The molecule has 3 heterocycles. The standard InChI is InChI=1S/C15H18N6O/c1-11(2)13(9-22)21(12-7-16-10-17-8-12)15-4-3-14-18-5-6-20(14)19-15/h3-8,10-11,13,22H,9H2,1-2H3. The van der Waals surface area contributed by atoms with Crippen LogP contribution in [-0.2, 0) is 0 Å². The number of hydrogen-bond acceptors (Lipinski definition) is 6. The Hall–Kier alpha value is -2.54. The van der Waals surface area contributed by atoms with Crippen molar-refractivity contribution in [1.29, 1.82) is 0 Å². The van der Waals surface area contributed by atoms with Crippen molar-refractivity contribution in [2.45, 2.75) is 19.9 Å². The second kappa shape index (κ2) is 6.07. The Balaban J connectivity index is 2.11. The summed E-state index contributed by atoms with van der Waals surface area (Å²) in [7, 11) is 0. The Morgan fingerprint density at radius 1 is 1.23 bits per heavy atom. The van der Waals surface area contributed by atoms with Crippen molar-refractivity contribution < 1.29 is 5.11 Å². The highest BCUT2D eigenvalue weighted by molar-refractivity contribution is 5.60. The predicted molar refractivity (Wildman–Crippen MR) is 82.9 cm³/mol. The van der Waals surface area contributed by atoms with Gasteiger partial charge in [-0.15, -0.1) is 5.10 Å². The Morgan fingerprint density at radius 3 is 2.68 bits per heavy atom. The lowest BCUT2D eigenvalue weighted by Crippen LogP contribution is -2.39. The van der Waals surface area contributed by atoms with E-state index >= 15 is 0 Å². The van der Waals surface area contributed by atoms with Crippen LogP contribution in [0.2, 0.25) is 0 Å². The van der Waals surface area contributed by atoms with E-state index < -0.39 is 0 Å². The van der Waals surface area contributed by atoms with E-state index in [2.05, 4.69) is 33.9 Å². The molecular weight excluding hydrogens is 280 g/mol. The molecule has 0 amide bonds. The van der Waals surface area contributed by atoms with Gasteiger partial charge in [-0.1, -0.05) is 13.8 Å². The number of aliphatic hydroxyl groups is 1. The summed E-state index contributed by atoms with van der Waals surface area (Å²) in [4.78, 5) is 14.3. The Labute approximate surface area is 128 Å². The van der Waals surface area contributed by atoms with E-state index in [1.54, 1.807) is 29.3 Å². The average molecular weight is 298 g/mol. The monoisotopic (exact) mass is 298 g/mol. The maximum Gasteiger partial charge on any atom is 0.154 e. The number of fused-ring (bicyclic) bond motifs is 1. The Kier molecular flexibility index (Phi) is 3.97. The van der Waals surface area contributed by atoms with Crippen molar-refractivity contribution in [3.63, 3.8) is 0 Å². The first-order chi connectivity index (χ1) is 10.7. The van der Waals surface area contributed by atoms with E-state index in [-0.39, 0.29) is 18.6 Å². The summed E-state index contributed by atoms with van der Waals surface area (Å²) in [5.74, 6) is 0.943. The SMILES string of the molecule is CC(C)C(CO)N(c1cncnc1)c1ccc2nccn2n1. The zero-order valence-corrected chi connectivity index (χ0v) is 12.5. The third-order valence-electron chi connectivity index (χ3n) is 3.60. The fourth-order valence-corrected chi connectivity index (χ4v) is 2.43. The minimum absolute atomic E-state index is 0.0101. The third-order valence-corrected chi connectivity index (χ3v) is 3.60. The van der Waals surface area contributed by atoms with Gasteiger partial charge in [-0.3, -0.25) is 0 Å². The van der Waals surface area contributed by atoms with Gasteiger partial charge in [0.1, 0.15) is 6.33 Å². The summed E-state index contributed by atoms with van der Waals surface area (Å²) in [5.41, 5.74) is 1.57. The van der Waals surface area contributed by atoms with Crippen LogP contribution in [0.1, 0.15) is 13.8 Å². The van der Waals surface area contributed by atoms with Crippen LogP contribution in [0.5, 0.6) is 0 Å². The smallest absolute Gasteiger partial charge is 0.154 e. The van der Waals surface area contributed by atoms with E-state index in [0.29, 0.717) is 5.82 Å². The predicted octanol–water partition coefficient (Wildman–Crippen LogP) is 1.67. The molecule has 7 heteroatoms. The maximum absolute atomic E-state index is 9.83. The number of nitrogens with zero attached hydrogens (tertiary/aromatic N) is 6. The summed E-state index contributed by atoms with van der Waals surface area (Å²) >= 11 is 0. The molecule has 0 spiro atoms. The lowest BCUT2D eigenvalue weighted by molar-refractivity contribution is 0.237. The molecule has 3 aromatic heterocycles. The highest BCUT2D eigenvalue weighted by Gasteiger charge is 2.25. The fraction of sp³-hybridized carbons (Fsp3) is 0.333. The molecule has 1 N–H and O–H groups in total. The lowest BCUT2D eigenvalue weighted by atomic mass is 10.0. The van der Waals surface area contributed by atoms with Gasteiger partial charge >= 0.3 is 0 Å². The largest absolute Gasteiger partial charge is 0.394 e. The fourth-order valence-electron chi connectivity index (χ4n) is 2.43. The van der Waals surface area contributed by atoms with Gasteiger partial charge in [0.2, 0.25) is 0 Å². The van der Waals surface area contributed by atoms with Crippen molar-refractivity contribution in [2.24, 2.45) is 5.92 Å². The van der Waals surface area contributed by atoms with Gasteiger partial charge in [0.05, 0.1) is 30.7 Å². The first-order valence-electron chi connectivity index (χ1n) is 7.16. The lowest BCUT2D eigenvalue weighted by Gasteiger charge is -2.33. The second-order valence-corrected chi connectivity index (χ2v) is 5.38. The highest BCUT2D eigenvalue weighted by atomic mass is 16.3. The van der Waals surface area contributed by atoms with Crippen molar-refractivity contribution in [3.8, 4) is 0 Å². The molecule has 7 nitrogen and oxygen atoms in total. The van der Waals surface area contributed by atoms with E-state index in [1.807, 2.05) is 17.0 Å². The van der Waals surface area contributed by atoms with Crippen LogP contribution >= 0.6 is 0 Å². The number of aromatic nitrogens is 5. The average Bonchev–Trinajstić information content (AvgIpc) is 3.00. The molecule has 22 heavy (non-hydrogen) atoms. The van der Waals surface area contributed by atoms with E-state index in [4.69, 9.17) is 0 Å². The van der Waals surface area contributed by atoms with Crippen LogP contribution in [0.4, 0.5) is 11.5 Å². The van der Waals surface area contributed by atoms with Crippen LogP contribution in [0.3, 0.4) is 0 Å². The van der Waals surface area contributed by atoms with Gasteiger partial charge in [0.25, 0.3) is 0 Å². The first kappa shape index (κ1) is 14.4. The Morgan fingerprint density at radius 2 is 2.00 bits per heavy atom. The highest BCUT2D eigenvalue weighted by Crippen LogP contribution is 2.28. The number of rotatable bonds is 5. The molecule has 0 radical (unpaired) electrons. The van der Waals surface area contributed by atoms with Crippen molar-refractivity contribution in [2.75, 3.05) is 11.5 Å². The number of aliphatic hydroxyl groups excluding tert-OH is 1. The number of anilines is 2. The normalized spacial score (nSPS) is 12.7. The van der Waals surface area contributed by atoms with Crippen LogP contribution in [0.15, 0.2) is 43.2 Å². The molecule has 1 unspecified atom stereocenters. The van der Waals surface area contributed by atoms with Gasteiger partial charge < -0.3 is 10.0 Å². The molecule has 0 saturated carbocycles. The van der Waals surface area contributed by atoms with Crippen molar-refractivity contribution in [3.05, 3.63) is 43.2 Å². The Bertz CT molecular complexity index is 742. The molecule has 0 saturated heterocycles. The van der Waals surface area contributed by atoms with E-state index in [9.17, 15) is 5.11 Å². The van der Waals surface area contributed by atoms with Gasteiger partial charge in [0.15, 0.2) is 11.5 Å². The molecule has 0 aliphatic rings. The van der Waals surface area contributed by atoms with E-state index in [0.717, 1.165) is 11.3 Å². The van der Waals surface area contributed by atoms with Gasteiger partial charge in [-0.2, -0.15) is 0 Å². The second-order valence-electron chi connectivity index (χ2n) is 5.38. The molecular formula is C15H18N6O. The van der Waals surface area contributed by atoms with E-state index in [1.165, 1.54) is 6.33 Å². The van der Waals surface area contributed by atoms with Crippen LogP contribution in [0, 0.1) is 5.92 Å². The van der Waals surface area contributed by atoms with Crippen LogP contribution < -0.4 is 4.90 Å². The zero-order chi connectivity index (χ0) is 15.5. The summed E-state index contributed by atoms with van der Waals surface area (Å²) in [5, 5.41) is 14.4. The third kappa shape index (κ3) is 2.62. The molecule has 0 aliphatic carbocycles. The topological polar surface area (TPSA) is 79.4 Å². The molecule has 0 aliphatic heterocycles. The maximum atomic E-state index is 9.83. The first-order valence-corrected chi connectivity index (χ1v) is 7.16. The number of hydrogen-bond donors (Lipinski definition) is 1. The molecule has 3 aromatic rings. The summed E-state index contributed by atoms with van der Waals surface area (Å²) in [6.45, 7) is 4.14. The minimum Gasteiger partial charge on any atom is -0.394 e. The molecule has 114 valence electrons. The molecule has 3 rings (SSSR count). The van der Waals surface area contributed by atoms with Gasteiger partial charge in [-0.25, -0.2) is 19.5 Å². The van der Waals surface area contributed by atoms with Crippen LogP contribution in [-0.4, -0.2) is 42.3 Å². The zero-order valence-electron chi connectivity index (χ0n) is 12.5. The van der Waals surface area contributed by atoms with Crippen molar-refractivity contribution in [1.82, 2.24) is 24.6 Å². The van der Waals surface area contributed by atoms with Gasteiger partial charge in [0, 0.05) is 12.4 Å². The van der Waals surface area contributed by atoms with Crippen molar-refractivity contribution >= 4 is 17.2 Å². The summed E-state index contributed by atoms with van der Waals surface area (Å²) < 4.78 is 1.71. The summed E-state index contributed by atoms with van der Waals surface area (Å²) in [6.07, 6.45) is 8.42. The quantitative estimate of drug-likeness (QED) is 0.772. The molecule has 0 fully saturated rings.